The van der Waals surface area contributed by atoms with E-state index in [0.717, 1.165) is 12.8 Å². The van der Waals surface area contributed by atoms with E-state index in [1.807, 2.05) is 0 Å². The van der Waals surface area contributed by atoms with Gasteiger partial charge in [-0.25, -0.2) is 6.57 Å². The van der Waals surface area contributed by atoms with Crippen LogP contribution < -0.4 is 0 Å². The Kier molecular flexibility index (Phi) is 2.42. The molecule has 1 fully saturated rings. The molecule has 0 atom stereocenters. The molecular weight excluding hydrogens is 160 g/mol. The van der Waals surface area contributed by atoms with Crippen molar-refractivity contribution in [1.29, 1.82) is 0 Å². The van der Waals surface area contributed by atoms with Gasteiger partial charge in [-0.3, -0.25) is 4.90 Å². The van der Waals surface area contributed by atoms with E-state index in [-0.39, 0.29) is 17.1 Å². The highest BCUT2D eigenvalue weighted by Crippen LogP contribution is 2.37. The monoisotopic (exact) mass is 180 g/mol. The molecule has 0 aromatic carbocycles. The molecule has 1 aliphatic heterocycles. The smallest absolute Gasteiger partial charge is 0.227 e. The van der Waals surface area contributed by atoms with Crippen LogP contribution in [0.2, 0.25) is 0 Å². The molecule has 2 heteroatoms. The second kappa shape index (κ2) is 2.99. The molecule has 0 N–H and O–H groups in total. The van der Waals surface area contributed by atoms with Gasteiger partial charge in [0.2, 0.25) is 6.04 Å². The van der Waals surface area contributed by atoms with Gasteiger partial charge < -0.3 is 4.85 Å². The van der Waals surface area contributed by atoms with Crippen molar-refractivity contribution < 1.29 is 0 Å². The zero-order valence-corrected chi connectivity index (χ0v) is 9.39. The largest absolute Gasteiger partial charge is 0.314 e. The first kappa shape index (κ1) is 10.5. The Morgan fingerprint density at radius 3 is 1.85 bits per heavy atom. The lowest BCUT2D eigenvalue weighted by molar-refractivity contribution is -0.00510. The van der Waals surface area contributed by atoms with Crippen molar-refractivity contribution in [1.82, 2.24) is 4.90 Å². The van der Waals surface area contributed by atoms with Crippen molar-refractivity contribution in [3.05, 3.63) is 11.4 Å². The lowest BCUT2D eigenvalue weighted by Gasteiger charge is -2.50. The number of piperidine rings is 1. The Hall–Kier alpha value is -0.550. The summed E-state index contributed by atoms with van der Waals surface area (Å²) in [4.78, 5) is 6.10. The Morgan fingerprint density at radius 2 is 1.54 bits per heavy atom. The molecule has 1 heterocycles. The molecule has 0 spiro atoms. The number of rotatable bonds is 0. The molecule has 0 unspecified atom stereocenters. The van der Waals surface area contributed by atoms with Gasteiger partial charge in [-0.15, -0.1) is 0 Å². The van der Waals surface area contributed by atoms with Crippen LogP contribution in [0.15, 0.2) is 0 Å². The average Bonchev–Trinajstić information content (AvgIpc) is 1.99. The number of likely N-dealkylation sites (tertiary alicyclic amines) is 1. The minimum absolute atomic E-state index is 0.164. The molecule has 0 aromatic rings. The molecule has 0 aliphatic carbocycles. The Bertz CT molecular complexity index is 217. The van der Waals surface area contributed by atoms with Crippen molar-refractivity contribution >= 4 is 0 Å². The normalized spacial score (nSPS) is 28.3. The maximum absolute atomic E-state index is 7.12. The fourth-order valence-electron chi connectivity index (χ4n) is 2.41. The molecule has 0 saturated carbocycles. The molecule has 0 bridgehead atoms. The first-order valence-electron chi connectivity index (χ1n) is 4.90. The second-order valence-electron chi connectivity index (χ2n) is 5.38. The highest BCUT2D eigenvalue weighted by molar-refractivity contribution is 5.03. The van der Waals surface area contributed by atoms with Gasteiger partial charge in [0.05, 0.1) is 0 Å². The van der Waals surface area contributed by atoms with Crippen LogP contribution in [0.5, 0.6) is 0 Å². The van der Waals surface area contributed by atoms with Gasteiger partial charge >= 0.3 is 0 Å². The van der Waals surface area contributed by atoms with Crippen LogP contribution in [-0.4, -0.2) is 29.1 Å². The third kappa shape index (κ3) is 1.86. The van der Waals surface area contributed by atoms with Crippen LogP contribution in [0.3, 0.4) is 0 Å². The summed E-state index contributed by atoms with van der Waals surface area (Å²) in [6.07, 6.45) is 1.99. The van der Waals surface area contributed by atoms with Gasteiger partial charge in [-0.05, 0) is 34.7 Å². The van der Waals surface area contributed by atoms with E-state index >= 15 is 0 Å². The summed E-state index contributed by atoms with van der Waals surface area (Å²) in [5, 5.41) is 0. The van der Waals surface area contributed by atoms with Gasteiger partial charge in [0.15, 0.2) is 0 Å². The van der Waals surface area contributed by atoms with Crippen molar-refractivity contribution in [2.24, 2.45) is 0 Å². The molecule has 0 amide bonds. The van der Waals surface area contributed by atoms with Crippen LogP contribution >= 0.6 is 0 Å². The fraction of sp³-hybridized carbons (Fsp3) is 0.909. The summed E-state index contributed by atoms with van der Waals surface area (Å²) in [6.45, 7) is 16.0. The van der Waals surface area contributed by atoms with Crippen molar-refractivity contribution in [3.8, 4) is 0 Å². The molecule has 1 rings (SSSR count). The van der Waals surface area contributed by atoms with E-state index in [1.165, 1.54) is 0 Å². The first-order chi connectivity index (χ1) is 5.79. The highest BCUT2D eigenvalue weighted by atomic mass is 15.2. The summed E-state index contributed by atoms with van der Waals surface area (Å²) in [6, 6.07) is 0.209. The van der Waals surface area contributed by atoms with Crippen LogP contribution in [0.4, 0.5) is 0 Å². The molecule has 0 radical (unpaired) electrons. The van der Waals surface area contributed by atoms with Crippen molar-refractivity contribution in [2.45, 2.75) is 57.7 Å². The highest BCUT2D eigenvalue weighted by Gasteiger charge is 2.45. The third-order valence-electron chi connectivity index (χ3n) is 3.47. The maximum Gasteiger partial charge on any atom is 0.227 e. The molecule has 74 valence electrons. The number of hydrogen-bond acceptors (Lipinski definition) is 1. The minimum atomic E-state index is 0.164. The van der Waals surface area contributed by atoms with Gasteiger partial charge in [-0.2, -0.15) is 0 Å². The van der Waals surface area contributed by atoms with E-state index in [4.69, 9.17) is 6.57 Å². The molecular formula is C11H20N2. The molecule has 13 heavy (non-hydrogen) atoms. The molecule has 2 nitrogen and oxygen atoms in total. The van der Waals surface area contributed by atoms with E-state index in [1.54, 1.807) is 0 Å². The van der Waals surface area contributed by atoms with E-state index in [9.17, 15) is 0 Å². The summed E-state index contributed by atoms with van der Waals surface area (Å²) in [7, 11) is 2.17. The number of nitrogens with zero attached hydrogens (tertiary/aromatic N) is 2. The standard InChI is InChI=1S/C11H20N2/c1-10(2)7-9(12-5)8-11(3,4)13(10)6/h9H,7-8H2,1-4,6H3. The lowest BCUT2D eigenvalue weighted by Crippen LogP contribution is -2.59. The van der Waals surface area contributed by atoms with Gasteiger partial charge in [0.25, 0.3) is 0 Å². The Labute approximate surface area is 81.7 Å². The van der Waals surface area contributed by atoms with Crippen molar-refractivity contribution in [2.75, 3.05) is 7.05 Å². The quantitative estimate of drug-likeness (QED) is 0.520. The molecule has 1 aliphatic rings. The molecule has 1 saturated heterocycles. The van der Waals surface area contributed by atoms with Gasteiger partial charge in [0, 0.05) is 23.9 Å². The summed E-state index contributed by atoms with van der Waals surface area (Å²) < 4.78 is 0. The number of hydrogen-bond donors (Lipinski definition) is 0. The zero-order valence-electron chi connectivity index (χ0n) is 9.39. The SMILES string of the molecule is [C-]#[N+]C1CC(C)(C)N(C)C(C)(C)C1. The predicted octanol–water partition coefficient (Wildman–Crippen LogP) is 2.56. The van der Waals surface area contributed by atoms with E-state index < -0.39 is 0 Å². The maximum atomic E-state index is 7.12. The van der Waals surface area contributed by atoms with Crippen LogP contribution in [0, 0.1) is 6.57 Å². The lowest BCUT2D eigenvalue weighted by atomic mass is 9.78. The van der Waals surface area contributed by atoms with Gasteiger partial charge in [-0.1, -0.05) is 0 Å². The molecule has 0 aromatic heterocycles. The van der Waals surface area contributed by atoms with Crippen molar-refractivity contribution in [3.63, 3.8) is 0 Å². The van der Waals surface area contributed by atoms with Crippen LogP contribution in [0.25, 0.3) is 4.85 Å². The van der Waals surface area contributed by atoms with Gasteiger partial charge in [0.1, 0.15) is 0 Å². The zero-order chi connectivity index (χ0) is 10.3. The first-order valence-corrected chi connectivity index (χ1v) is 4.90. The minimum Gasteiger partial charge on any atom is -0.314 e. The van der Waals surface area contributed by atoms with E-state index in [0.29, 0.717) is 0 Å². The van der Waals surface area contributed by atoms with Crippen LogP contribution in [0.1, 0.15) is 40.5 Å². The van der Waals surface area contributed by atoms with E-state index in [2.05, 4.69) is 44.5 Å². The Morgan fingerprint density at radius 1 is 1.15 bits per heavy atom. The fourth-order valence-corrected chi connectivity index (χ4v) is 2.41. The third-order valence-corrected chi connectivity index (χ3v) is 3.47. The van der Waals surface area contributed by atoms with Crippen LogP contribution in [-0.2, 0) is 0 Å². The average molecular weight is 180 g/mol. The summed E-state index contributed by atoms with van der Waals surface area (Å²) in [5.74, 6) is 0. The Balaban J connectivity index is 2.90. The predicted molar refractivity (Wildman–Crippen MR) is 55.5 cm³/mol. The summed E-state index contributed by atoms with van der Waals surface area (Å²) in [5.41, 5.74) is 0.327. The summed E-state index contributed by atoms with van der Waals surface area (Å²) >= 11 is 0. The second-order valence-corrected chi connectivity index (χ2v) is 5.38. The topological polar surface area (TPSA) is 7.60 Å².